The first-order chi connectivity index (χ1) is 17.6. The van der Waals surface area contributed by atoms with Gasteiger partial charge in [0.2, 0.25) is 5.91 Å². The molecule has 2 aromatic carbocycles. The third-order valence-corrected chi connectivity index (χ3v) is 6.95. The summed E-state index contributed by atoms with van der Waals surface area (Å²) in [7, 11) is 0. The van der Waals surface area contributed by atoms with E-state index >= 15 is 0 Å². The SMILES string of the molecule is C[C@@H]1CN(C(=O)c2nc3ccccc3[nH]2)CCN1C(=O)[C@@H](NC(=O)c1cc2ccccc2[nH]1)C(C)(C)C. The number of benzene rings is 2. The van der Waals surface area contributed by atoms with Crippen LogP contribution >= 0.6 is 0 Å². The van der Waals surface area contributed by atoms with E-state index in [1.165, 1.54) is 0 Å². The second-order valence-electron chi connectivity index (χ2n) is 10.8. The number of carbonyl (C=O) groups is 3. The van der Waals surface area contributed by atoms with Gasteiger partial charge in [0.15, 0.2) is 5.82 Å². The molecule has 3 N–H and O–H groups in total. The van der Waals surface area contributed by atoms with Crippen molar-refractivity contribution in [1.29, 1.82) is 0 Å². The topological polar surface area (TPSA) is 114 Å². The van der Waals surface area contributed by atoms with Crippen molar-refractivity contribution >= 4 is 39.7 Å². The Balaban J connectivity index is 1.29. The normalized spacial score (nSPS) is 17.2. The van der Waals surface area contributed by atoms with Crippen LogP contribution in [0.3, 0.4) is 0 Å². The van der Waals surface area contributed by atoms with Gasteiger partial charge in [-0.25, -0.2) is 4.98 Å². The van der Waals surface area contributed by atoms with Gasteiger partial charge < -0.3 is 25.1 Å². The number of nitrogens with one attached hydrogen (secondary N) is 3. The third-order valence-electron chi connectivity index (χ3n) is 6.95. The first-order valence-corrected chi connectivity index (χ1v) is 12.5. The Bertz CT molecular complexity index is 1410. The van der Waals surface area contributed by atoms with Crippen molar-refractivity contribution in [2.45, 2.75) is 39.8 Å². The van der Waals surface area contributed by atoms with Crippen molar-refractivity contribution in [3.63, 3.8) is 0 Å². The van der Waals surface area contributed by atoms with Gasteiger partial charge in [0.05, 0.1) is 11.0 Å². The first-order valence-electron chi connectivity index (χ1n) is 12.5. The molecule has 9 heteroatoms. The number of H-pyrrole nitrogens is 2. The highest BCUT2D eigenvalue weighted by molar-refractivity contribution is 6.00. The minimum Gasteiger partial charge on any atom is -0.351 e. The standard InChI is InChI=1S/C28H32N6O3/c1-17-16-33(27(37)24-30-20-11-7-8-12-21(20)31-24)13-14-34(17)26(36)23(28(2,3)4)32-25(35)22-15-18-9-5-6-10-19(18)29-22/h5-12,15,17,23,29H,13-14,16H2,1-4H3,(H,30,31)(H,32,35)/t17-,23-/m1/s1. The van der Waals surface area contributed by atoms with Gasteiger partial charge in [-0.1, -0.05) is 51.1 Å². The van der Waals surface area contributed by atoms with E-state index in [0.717, 1.165) is 21.9 Å². The van der Waals surface area contributed by atoms with E-state index < -0.39 is 11.5 Å². The molecule has 2 atom stereocenters. The van der Waals surface area contributed by atoms with Crippen molar-refractivity contribution in [3.05, 3.63) is 66.1 Å². The van der Waals surface area contributed by atoms with Crippen molar-refractivity contribution < 1.29 is 14.4 Å². The third kappa shape index (κ3) is 4.81. The average Bonchev–Trinajstić information content (AvgIpc) is 3.50. The Morgan fingerprint density at radius 1 is 1.00 bits per heavy atom. The molecule has 9 nitrogen and oxygen atoms in total. The van der Waals surface area contributed by atoms with Gasteiger partial charge in [0.1, 0.15) is 11.7 Å². The monoisotopic (exact) mass is 500 g/mol. The summed E-state index contributed by atoms with van der Waals surface area (Å²) >= 11 is 0. The lowest BCUT2D eigenvalue weighted by Crippen LogP contribution is -2.62. The summed E-state index contributed by atoms with van der Waals surface area (Å²) in [5, 5.41) is 3.90. The molecule has 192 valence electrons. The zero-order valence-corrected chi connectivity index (χ0v) is 21.5. The van der Waals surface area contributed by atoms with E-state index in [1.807, 2.05) is 76.2 Å². The summed E-state index contributed by atoms with van der Waals surface area (Å²) in [4.78, 5) is 54.1. The van der Waals surface area contributed by atoms with Crippen molar-refractivity contribution in [1.82, 2.24) is 30.1 Å². The summed E-state index contributed by atoms with van der Waals surface area (Å²) in [6.07, 6.45) is 0. The summed E-state index contributed by atoms with van der Waals surface area (Å²) in [6, 6.07) is 16.0. The second-order valence-corrected chi connectivity index (χ2v) is 10.8. The van der Waals surface area contributed by atoms with Gasteiger partial charge in [-0.3, -0.25) is 14.4 Å². The Morgan fingerprint density at radius 2 is 1.70 bits per heavy atom. The smallest absolute Gasteiger partial charge is 0.289 e. The average molecular weight is 501 g/mol. The summed E-state index contributed by atoms with van der Waals surface area (Å²) < 4.78 is 0. The highest BCUT2D eigenvalue weighted by Gasteiger charge is 2.40. The fraction of sp³-hybridized carbons (Fsp3) is 0.357. The van der Waals surface area contributed by atoms with Crippen LogP contribution in [0.25, 0.3) is 21.9 Å². The summed E-state index contributed by atoms with van der Waals surface area (Å²) in [5.74, 6) is -0.364. The number of carbonyl (C=O) groups excluding carboxylic acids is 3. The number of aromatic amines is 2. The predicted molar refractivity (Wildman–Crippen MR) is 142 cm³/mol. The number of amides is 3. The summed E-state index contributed by atoms with van der Waals surface area (Å²) in [5.41, 5.74) is 2.32. The van der Waals surface area contributed by atoms with Gasteiger partial charge in [-0.05, 0) is 36.6 Å². The Labute approximate surface area is 215 Å². The summed E-state index contributed by atoms with van der Waals surface area (Å²) in [6.45, 7) is 8.89. The van der Waals surface area contributed by atoms with Gasteiger partial charge >= 0.3 is 0 Å². The lowest BCUT2D eigenvalue weighted by atomic mass is 9.85. The minimum atomic E-state index is -0.730. The maximum absolute atomic E-state index is 13.7. The molecular formula is C28H32N6O3. The fourth-order valence-corrected chi connectivity index (χ4v) is 4.89. The molecule has 1 aliphatic rings. The molecule has 1 aliphatic heterocycles. The zero-order chi connectivity index (χ0) is 26.3. The molecule has 1 saturated heterocycles. The fourth-order valence-electron chi connectivity index (χ4n) is 4.89. The van der Waals surface area contributed by atoms with Crippen LogP contribution < -0.4 is 5.32 Å². The number of para-hydroxylation sites is 3. The molecule has 0 aliphatic carbocycles. The quantitative estimate of drug-likeness (QED) is 0.397. The highest BCUT2D eigenvalue weighted by Crippen LogP contribution is 2.25. The van der Waals surface area contributed by atoms with Crippen LogP contribution in [0.4, 0.5) is 0 Å². The molecule has 4 aromatic rings. The first kappa shape index (κ1) is 24.5. The number of nitrogens with zero attached hydrogens (tertiary/aromatic N) is 3. The molecular weight excluding hydrogens is 468 g/mol. The van der Waals surface area contributed by atoms with Gasteiger partial charge in [0.25, 0.3) is 11.8 Å². The molecule has 2 aromatic heterocycles. The number of fused-ring (bicyclic) bond motifs is 2. The van der Waals surface area contributed by atoms with Crippen LogP contribution in [0.1, 0.15) is 48.8 Å². The maximum atomic E-state index is 13.7. The van der Waals surface area contributed by atoms with Crippen LogP contribution in [-0.4, -0.2) is 74.2 Å². The molecule has 5 rings (SSSR count). The maximum Gasteiger partial charge on any atom is 0.289 e. The lowest BCUT2D eigenvalue weighted by molar-refractivity contribution is -0.140. The number of imidazole rings is 1. The van der Waals surface area contributed by atoms with Gasteiger partial charge in [0, 0.05) is 36.6 Å². The van der Waals surface area contributed by atoms with Crippen LogP contribution in [0, 0.1) is 5.41 Å². The number of rotatable bonds is 4. The Kier molecular flexibility index (Phi) is 6.23. The number of piperazine rings is 1. The predicted octanol–water partition coefficient (Wildman–Crippen LogP) is 3.56. The van der Waals surface area contributed by atoms with Crippen LogP contribution in [0.15, 0.2) is 54.6 Å². The molecule has 3 heterocycles. The molecule has 3 amide bonds. The Hall–Kier alpha value is -4.14. The molecule has 0 saturated carbocycles. The molecule has 0 unspecified atom stereocenters. The number of hydrogen-bond acceptors (Lipinski definition) is 4. The molecule has 0 radical (unpaired) electrons. The zero-order valence-electron chi connectivity index (χ0n) is 21.5. The van der Waals surface area contributed by atoms with Crippen molar-refractivity contribution in [2.24, 2.45) is 5.41 Å². The number of hydrogen-bond donors (Lipinski definition) is 3. The molecule has 0 spiro atoms. The van der Waals surface area contributed by atoms with Crippen LogP contribution in [0.2, 0.25) is 0 Å². The van der Waals surface area contributed by atoms with E-state index in [9.17, 15) is 14.4 Å². The van der Waals surface area contributed by atoms with Crippen LogP contribution in [0.5, 0.6) is 0 Å². The molecule has 0 bridgehead atoms. The highest BCUT2D eigenvalue weighted by atomic mass is 16.2. The lowest BCUT2D eigenvalue weighted by Gasteiger charge is -2.43. The van der Waals surface area contributed by atoms with Gasteiger partial charge in [-0.2, -0.15) is 0 Å². The molecule has 1 fully saturated rings. The van der Waals surface area contributed by atoms with E-state index in [2.05, 4.69) is 20.3 Å². The number of aromatic nitrogens is 3. The largest absolute Gasteiger partial charge is 0.351 e. The van der Waals surface area contributed by atoms with Crippen molar-refractivity contribution in [2.75, 3.05) is 19.6 Å². The van der Waals surface area contributed by atoms with E-state index in [4.69, 9.17) is 0 Å². The van der Waals surface area contributed by atoms with E-state index in [-0.39, 0.29) is 23.8 Å². The van der Waals surface area contributed by atoms with Gasteiger partial charge in [-0.15, -0.1) is 0 Å². The molecule has 37 heavy (non-hydrogen) atoms. The van der Waals surface area contributed by atoms with Crippen molar-refractivity contribution in [3.8, 4) is 0 Å². The second kappa shape index (κ2) is 9.38. The van der Waals surface area contributed by atoms with E-state index in [1.54, 1.807) is 15.9 Å². The van der Waals surface area contributed by atoms with E-state index in [0.29, 0.717) is 31.2 Å². The van der Waals surface area contributed by atoms with Crippen LogP contribution in [-0.2, 0) is 4.79 Å². The minimum absolute atomic E-state index is 0.153. The Morgan fingerprint density at radius 3 is 2.38 bits per heavy atom.